The Balaban J connectivity index is 1.41. The van der Waals surface area contributed by atoms with Crippen LogP contribution in [0.1, 0.15) is 23.2 Å². The number of carbonyl (C=O) groups excluding carboxylic acids is 1. The lowest BCUT2D eigenvalue weighted by Gasteiger charge is -2.45. The number of anilines is 1. The molecule has 1 saturated heterocycles. The first-order chi connectivity index (χ1) is 14.4. The quantitative estimate of drug-likeness (QED) is 0.633. The molecule has 5 rings (SSSR count). The molecule has 2 heterocycles. The Hall–Kier alpha value is -2.61. The van der Waals surface area contributed by atoms with Crippen LogP contribution in [0.25, 0.3) is 10.8 Å². The van der Waals surface area contributed by atoms with E-state index in [0.29, 0.717) is 52.5 Å². The average Bonchev–Trinajstić information content (AvgIpc) is 2.73. The normalized spacial score (nSPS) is 18.6. The third kappa shape index (κ3) is 3.05. The molecular weight excluding hydrogens is 422 g/mol. The molecule has 3 aromatic rings. The molecule has 0 radical (unpaired) electrons. The van der Waals surface area contributed by atoms with E-state index in [2.05, 4.69) is 10.6 Å². The van der Waals surface area contributed by atoms with Gasteiger partial charge in [-0.25, -0.2) is 8.42 Å². The lowest BCUT2D eigenvalue weighted by atomic mass is 9.93. The minimum atomic E-state index is -3.65. The van der Waals surface area contributed by atoms with E-state index in [1.165, 1.54) is 4.31 Å². The summed E-state index contributed by atoms with van der Waals surface area (Å²) in [7, 11) is -3.65. The molecule has 154 valence electrons. The topological polar surface area (TPSA) is 78.5 Å². The van der Waals surface area contributed by atoms with Crippen molar-refractivity contribution in [3.63, 3.8) is 0 Å². The standard InChI is InChI=1S/C22H20ClN3O3S/c23-17-8-4-9-18-20(17)21(27)25-22(24-18)11-13-26(14-12-22)30(28,29)19-10-3-6-15-5-1-2-7-16(15)19/h1-10,24H,11-14H2,(H,25,27). The van der Waals surface area contributed by atoms with E-state index in [-0.39, 0.29) is 5.91 Å². The van der Waals surface area contributed by atoms with E-state index in [1.54, 1.807) is 24.3 Å². The molecule has 0 bridgehead atoms. The molecule has 6 nitrogen and oxygen atoms in total. The van der Waals surface area contributed by atoms with Crippen LogP contribution in [0.2, 0.25) is 5.02 Å². The molecule has 30 heavy (non-hydrogen) atoms. The van der Waals surface area contributed by atoms with Crippen molar-refractivity contribution in [2.24, 2.45) is 0 Å². The summed E-state index contributed by atoms with van der Waals surface area (Å²) in [6.45, 7) is 0.601. The zero-order valence-corrected chi connectivity index (χ0v) is 17.6. The van der Waals surface area contributed by atoms with Crippen molar-refractivity contribution < 1.29 is 13.2 Å². The van der Waals surface area contributed by atoms with Gasteiger partial charge in [-0.15, -0.1) is 0 Å². The Morgan fingerprint density at radius 1 is 0.900 bits per heavy atom. The smallest absolute Gasteiger partial charge is 0.256 e. The summed E-state index contributed by atoms with van der Waals surface area (Å²) in [6.07, 6.45) is 0.906. The first-order valence-corrected chi connectivity index (χ1v) is 11.6. The van der Waals surface area contributed by atoms with Gasteiger partial charge in [-0.3, -0.25) is 4.79 Å². The summed E-state index contributed by atoms with van der Waals surface area (Å²) in [4.78, 5) is 13.0. The average molecular weight is 442 g/mol. The molecule has 1 amide bonds. The second kappa shape index (κ2) is 6.97. The highest BCUT2D eigenvalue weighted by atomic mass is 35.5. The summed E-state index contributed by atoms with van der Waals surface area (Å²) in [5, 5.41) is 8.40. The van der Waals surface area contributed by atoms with Gasteiger partial charge in [0.2, 0.25) is 10.0 Å². The fourth-order valence-corrected chi connectivity index (χ4v) is 6.26. The number of piperidine rings is 1. The maximum atomic E-state index is 13.4. The fourth-order valence-electron chi connectivity index (χ4n) is 4.35. The van der Waals surface area contributed by atoms with Crippen LogP contribution in [0.4, 0.5) is 5.69 Å². The van der Waals surface area contributed by atoms with Gasteiger partial charge in [0, 0.05) is 31.3 Å². The fraction of sp³-hybridized carbons (Fsp3) is 0.227. The van der Waals surface area contributed by atoms with Crippen molar-refractivity contribution in [3.8, 4) is 0 Å². The number of hydrogen-bond donors (Lipinski definition) is 2. The number of carbonyl (C=O) groups is 1. The van der Waals surface area contributed by atoms with Crippen LogP contribution in [-0.4, -0.2) is 37.4 Å². The van der Waals surface area contributed by atoms with Crippen LogP contribution in [0, 0.1) is 0 Å². The molecule has 1 fully saturated rings. The summed E-state index contributed by atoms with van der Waals surface area (Å²) < 4.78 is 28.3. The van der Waals surface area contributed by atoms with E-state index in [9.17, 15) is 13.2 Å². The summed E-state index contributed by atoms with van der Waals surface area (Å²) in [5.74, 6) is -0.236. The molecule has 8 heteroatoms. The van der Waals surface area contributed by atoms with Crippen molar-refractivity contribution in [2.75, 3.05) is 18.4 Å². The number of amides is 1. The minimum absolute atomic E-state index is 0.236. The van der Waals surface area contributed by atoms with E-state index in [0.717, 1.165) is 5.39 Å². The van der Waals surface area contributed by atoms with Crippen molar-refractivity contribution in [1.29, 1.82) is 0 Å². The van der Waals surface area contributed by atoms with Crippen LogP contribution in [0.15, 0.2) is 65.6 Å². The van der Waals surface area contributed by atoms with Crippen molar-refractivity contribution >= 4 is 44.0 Å². The third-order valence-corrected chi connectivity index (χ3v) is 8.18. The SMILES string of the molecule is O=C1NC2(CCN(S(=O)(=O)c3cccc4ccccc34)CC2)Nc2cccc(Cl)c21. The Bertz CT molecular complexity index is 1260. The molecule has 0 aliphatic carbocycles. The van der Waals surface area contributed by atoms with Crippen LogP contribution in [0.3, 0.4) is 0 Å². The molecule has 2 N–H and O–H groups in total. The van der Waals surface area contributed by atoms with Crippen LogP contribution >= 0.6 is 11.6 Å². The highest BCUT2D eigenvalue weighted by Crippen LogP contribution is 2.36. The largest absolute Gasteiger partial charge is 0.362 e. The number of benzene rings is 3. The van der Waals surface area contributed by atoms with Crippen LogP contribution in [-0.2, 0) is 10.0 Å². The van der Waals surface area contributed by atoms with Crippen LogP contribution in [0.5, 0.6) is 0 Å². The van der Waals surface area contributed by atoms with Gasteiger partial charge < -0.3 is 10.6 Å². The maximum Gasteiger partial charge on any atom is 0.256 e. The number of nitrogens with one attached hydrogen (secondary N) is 2. The van der Waals surface area contributed by atoms with E-state index >= 15 is 0 Å². The van der Waals surface area contributed by atoms with Gasteiger partial charge in [0.15, 0.2) is 0 Å². The van der Waals surface area contributed by atoms with Gasteiger partial charge >= 0.3 is 0 Å². The first kappa shape index (κ1) is 19.4. The van der Waals surface area contributed by atoms with E-state index in [4.69, 9.17) is 11.6 Å². The zero-order valence-electron chi connectivity index (χ0n) is 16.1. The first-order valence-electron chi connectivity index (χ1n) is 9.77. The van der Waals surface area contributed by atoms with Crippen molar-refractivity contribution in [3.05, 3.63) is 71.2 Å². The second-order valence-corrected chi connectivity index (χ2v) is 10.0. The molecular formula is C22H20ClN3O3S. The summed E-state index contributed by atoms with van der Waals surface area (Å²) >= 11 is 6.17. The number of hydrogen-bond acceptors (Lipinski definition) is 4. The van der Waals surface area contributed by atoms with Gasteiger partial charge in [0.05, 0.1) is 21.2 Å². The summed E-state index contributed by atoms with van der Waals surface area (Å²) in [6, 6.07) is 18.1. The number of nitrogens with zero attached hydrogens (tertiary/aromatic N) is 1. The van der Waals surface area contributed by atoms with Crippen molar-refractivity contribution in [1.82, 2.24) is 9.62 Å². The predicted molar refractivity (Wildman–Crippen MR) is 117 cm³/mol. The van der Waals surface area contributed by atoms with Gasteiger partial charge in [-0.2, -0.15) is 4.31 Å². The van der Waals surface area contributed by atoms with Gasteiger partial charge in [0.1, 0.15) is 5.66 Å². The van der Waals surface area contributed by atoms with Crippen molar-refractivity contribution in [2.45, 2.75) is 23.4 Å². The molecule has 0 unspecified atom stereocenters. The predicted octanol–water partition coefficient (Wildman–Crippen LogP) is 3.83. The number of rotatable bonds is 2. The zero-order chi connectivity index (χ0) is 20.9. The monoisotopic (exact) mass is 441 g/mol. The highest BCUT2D eigenvalue weighted by molar-refractivity contribution is 7.89. The summed E-state index contributed by atoms with van der Waals surface area (Å²) in [5.41, 5.74) is 0.423. The highest BCUT2D eigenvalue weighted by Gasteiger charge is 2.43. The maximum absolute atomic E-state index is 13.4. The third-order valence-electron chi connectivity index (χ3n) is 5.91. The Labute approximate surface area is 179 Å². The Kier molecular flexibility index (Phi) is 4.50. The molecule has 0 aromatic heterocycles. The van der Waals surface area contributed by atoms with E-state index in [1.807, 2.05) is 36.4 Å². The Morgan fingerprint density at radius 2 is 1.60 bits per heavy atom. The van der Waals surface area contributed by atoms with Gasteiger partial charge in [-0.05, 0) is 23.6 Å². The second-order valence-electron chi connectivity index (χ2n) is 7.70. The van der Waals surface area contributed by atoms with Crippen LogP contribution < -0.4 is 10.6 Å². The lowest BCUT2D eigenvalue weighted by Crippen LogP contribution is -2.62. The molecule has 0 saturated carbocycles. The molecule has 1 spiro atoms. The molecule has 0 atom stereocenters. The number of sulfonamides is 1. The van der Waals surface area contributed by atoms with Gasteiger partial charge in [-0.1, -0.05) is 54.1 Å². The molecule has 2 aliphatic heterocycles. The lowest BCUT2D eigenvalue weighted by molar-refractivity contribution is 0.0865. The number of fused-ring (bicyclic) bond motifs is 2. The molecule has 2 aliphatic rings. The Morgan fingerprint density at radius 3 is 2.40 bits per heavy atom. The molecule has 3 aromatic carbocycles. The number of halogens is 1. The van der Waals surface area contributed by atoms with E-state index < -0.39 is 15.7 Å². The van der Waals surface area contributed by atoms with Gasteiger partial charge in [0.25, 0.3) is 5.91 Å². The minimum Gasteiger partial charge on any atom is -0.362 e.